The highest BCUT2D eigenvalue weighted by Crippen LogP contribution is 2.26. The smallest absolute Gasteiger partial charge is 0.294 e. The Bertz CT molecular complexity index is 2940. The first-order chi connectivity index (χ1) is 39.2. The summed E-state index contributed by atoms with van der Waals surface area (Å²) in [5.74, 6) is -3.43. The number of phenolic OH excluding ortho intramolecular Hbond substituents is 1. The molecular formula is C60H83N9O12S. The standard InChI is InChI=1S/C53H75N9O9.C7H8O3S/c1-4-5-6-7-8-28-71-40-23-20-35-29-37(19-18-36(35)30-40)47(64)57-41-13-10-26-56-50(67)45-31-38(55)32-62(45)52(69)43(12-9-25-54)59-48(65)42(24-17-34-15-21-39(63)22-16-34)58-51(68)44-14-11-27-61(44)53(70)46(33(2)3)60-49(41)66;1-6-2-4-7(5-3-6)11(8,9)10/h15-16,18-23,29-30,33,38,41-46,63H,4-14,17,24-28,31-32,54-55H2,1-3H3,(H,56,67)(H,57,64)(H,58,68)(H,59,65)(H,60,66);2-5H,1H3,(H,8,9,10)/t38-,41-,42-,43-,44-,45-,46-;/m0./s1. The van der Waals surface area contributed by atoms with Gasteiger partial charge in [0.1, 0.15) is 47.8 Å². The average molecular weight is 1150 g/mol. The molecule has 7 amide bonds. The summed E-state index contributed by atoms with van der Waals surface area (Å²) in [5, 5.41) is 26.0. The second-order valence-electron chi connectivity index (χ2n) is 21.9. The molecule has 82 heavy (non-hydrogen) atoms. The fourth-order valence-electron chi connectivity index (χ4n) is 10.4. The molecule has 0 spiro atoms. The van der Waals surface area contributed by atoms with Crippen LogP contribution in [0.5, 0.6) is 11.5 Å². The van der Waals surface area contributed by atoms with Crippen LogP contribution in [0, 0.1) is 12.8 Å². The van der Waals surface area contributed by atoms with Crippen molar-refractivity contribution in [1.82, 2.24) is 36.4 Å². The number of fused-ring (bicyclic) bond motifs is 3. The Morgan fingerprint density at radius 3 is 2.15 bits per heavy atom. The number of ether oxygens (including phenoxy) is 1. The van der Waals surface area contributed by atoms with Gasteiger partial charge in [-0.2, -0.15) is 8.42 Å². The second-order valence-corrected chi connectivity index (χ2v) is 23.3. The lowest BCUT2D eigenvalue weighted by molar-refractivity contribution is -0.143. The molecule has 3 fully saturated rings. The van der Waals surface area contributed by atoms with Gasteiger partial charge in [0.2, 0.25) is 35.4 Å². The van der Waals surface area contributed by atoms with Crippen LogP contribution in [0.25, 0.3) is 10.8 Å². The summed E-state index contributed by atoms with van der Waals surface area (Å²) < 4.78 is 35.6. The van der Waals surface area contributed by atoms with Crippen molar-refractivity contribution >= 4 is 62.2 Å². The third-order valence-electron chi connectivity index (χ3n) is 15.1. The van der Waals surface area contributed by atoms with E-state index >= 15 is 0 Å². The third-order valence-corrected chi connectivity index (χ3v) is 16.0. The van der Waals surface area contributed by atoms with Crippen LogP contribution in [0.4, 0.5) is 0 Å². The van der Waals surface area contributed by atoms with E-state index in [2.05, 4.69) is 33.5 Å². The second kappa shape index (κ2) is 30.8. The fraction of sp³-hybridized carbons (Fsp3) is 0.517. The Balaban J connectivity index is 0.000000878. The maximum Gasteiger partial charge on any atom is 0.294 e. The van der Waals surface area contributed by atoms with E-state index in [9.17, 15) is 47.1 Å². The average Bonchev–Trinajstić information content (AvgIpc) is 4.24. The van der Waals surface area contributed by atoms with Gasteiger partial charge >= 0.3 is 0 Å². The number of nitrogens with zero attached hydrogens (tertiary/aromatic N) is 2. The minimum atomic E-state index is -4.02. The van der Waals surface area contributed by atoms with E-state index in [1.807, 2.05) is 31.2 Å². The summed E-state index contributed by atoms with van der Waals surface area (Å²) >= 11 is 0. The monoisotopic (exact) mass is 1150 g/mol. The van der Waals surface area contributed by atoms with Crippen molar-refractivity contribution in [1.29, 1.82) is 0 Å². The number of carbonyl (C=O) groups is 7. The van der Waals surface area contributed by atoms with Crippen molar-refractivity contribution in [3.05, 3.63) is 102 Å². The number of carbonyl (C=O) groups excluding carboxylic acids is 7. The molecule has 7 atom stereocenters. The first-order valence-corrected chi connectivity index (χ1v) is 30.2. The van der Waals surface area contributed by atoms with Crippen LogP contribution in [-0.4, -0.2) is 144 Å². The van der Waals surface area contributed by atoms with Gasteiger partial charge in [-0.15, -0.1) is 0 Å². The normalized spacial score (nSPS) is 22.4. The van der Waals surface area contributed by atoms with Crippen molar-refractivity contribution in [2.45, 2.75) is 165 Å². The fourth-order valence-corrected chi connectivity index (χ4v) is 10.9. The van der Waals surface area contributed by atoms with Crippen LogP contribution < -0.4 is 42.8 Å². The van der Waals surface area contributed by atoms with Crippen LogP contribution in [-0.2, 0) is 45.3 Å². The number of rotatable bonds is 17. The number of nitrogens with two attached hydrogens (primary N) is 2. The number of hydrogen-bond acceptors (Lipinski definition) is 13. The zero-order chi connectivity index (χ0) is 59.5. The highest BCUT2D eigenvalue weighted by atomic mass is 32.2. The number of aryl methyl sites for hydroxylation is 2. The zero-order valence-electron chi connectivity index (χ0n) is 47.6. The number of phenols is 1. The quantitative estimate of drug-likeness (QED) is 0.0518. The van der Waals surface area contributed by atoms with E-state index in [0.717, 1.165) is 40.5 Å². The number of amides is 7. The summed E-state index contributed by atoms with van der Waals surface area (Å²) in [5.41, 5.74) is 14.3. The van der Waals surface area contributed by atoms with E-state index in [0.29, 0.717) is 37.9 Å². The molecule has 11 N–H and O–H groups in total. The molecule has 3 aliphatic heterocycles. The van der Waals surface area contributed by atoms with E-state index < -0.39 is 99.7 Å². The summed E-state index contributed by atoms with van der Waals surface area (Å²) in [7, 11) is -4.02. The lowest BCUT2D eigenvalue weighted by Gasteiger charge is -2.32. The molecule has 7 rings (SSSR count). The number of benzene rings is 4. The molecule has 0 radical (unpaired) electrons. The molecule has 22 heteroatoms. The van der Waals surface area contributed by atoms with Crippen LogP contribution in [0.15, 0.2) is 89.8 Å². The van der Waals surface area contributed by atoms with Gasteiger partial charge in [-0.3, -0.25) is 38.1 Å². The van der Waals surface area contributed by atoms with Gasteiger partial charge in [-0.05, 0) is 148 Å². The van der Waals surface area contributed by atoms with Crippen LogP contribution in [0.3, 0.4) is 0 Å². The maximum atomic E-state index is 14.5. The zero-order valence-corrected chi connectivity index (χ0v) is 48.4. The predicted octanol–water partition coefficient (Wildman–Crippen LogP) is 4.55. The Hall–Kier alpha value is -7.14. The molecule has 0 bridgehead atoms. The third kappa shape index (κ3) is 18.4. The van der Waals surface area contributed by atoms with Gasteiger partial charge in [0.15, 0.2) is 0 Å². The minimum absolute atomic E-state index is 0.0622. The molecule has 4 aromatic carbocycles. The molecule has 3 heterocycles. The van der Waals surface area contributed by atoms with Gasteiger partial charge in [0.25, 0.3) is 16.0 Å². The van der Waals surface area contributed by atoms with Gasteiger partial charge in [-0.1, -0.05) is 88.4 Å². The first kappa shape index (κ1) is 64.0. The van der Waals surface area contributed by atoms with Gasteiger partial charge in [0, 0.05) is 31.2 Å². The molecule has 446 valence electrons. The minimum Gasteiger partial charge on any atom is -0.508 e. The molecular weight excluding hydrogens is 1070 g/mol. The van der Waals surface area contributed by atoms with Crippen molar-refractivity contribution in [2.75, 3.05) is 32.8 Å². The summed E-state index contributed by atoms with van der Waals surface area (Å²) in [4.78, 5) is 103. The van der Waals surface area contributed by atoms with Crippen LogP contribution in [0.1, 0.15) is 126 Å². The molecule has 0 aromatic heterocycles. The SMILES string of the molecule is CCCCCCCOc1ccc2cc(C(=O)N[C@H]3CCCNC(=O)[C@@H]4C[C@H](N)CN4C(=O)[C@H](CCCN)NC(=O)[C@H](CCc4ccc(O)cc4)NC(=O)[C@@H]4CCCN4C(=O)[C@H](C(C)C)NC3=O)ccc2c1.Cc1ccc(S(=O)(=O)O)cc1. The van der Waals surface area contributed by atoms with E-state index in [-0.39, 0.29) is 68.9 Å². The Morgan fingerprint density at radius 2 is 1.45 bits per heavy atom. The largest absolute Gasteiger partial charge is 0.508 e. The first-order valence-electron chi connectivity index (χ1n) is 28.7. The number of nitrogens with one attached hydrogen (secondary N) is 5. The Kier molecular flexibility index (Phi) is 24.0. The van der Waals surface area contributed by atoms with Gasteiger partial charge < -0.3 is 57.7 Å². The molecule has 4 aromatic rings. The molecule has 3 aliphatic rings. The number of aromatic hydroxyl groups is 1. The molecule has 3 saturated heterocycles. The van der Waals surface area contributed by atoms with Crippen molar-refractivity contribution in [3.63, 3.8) is 0 Å². The lowest BCUT2D eigenvalue weighted by atomic mass is 10.00. The Morgan fingerprint density at radius 1 is 0.756 bits per heavy atom. The summed E-state index contributed by atoms with van der Waals surface area (Å²) in [6.07, 6.45) is 7.85. The number of unbranched alkanes of at least 4 members (excludes halogenated alkanes) is 4. The van der Waals surface area contributed by atoms with Crippen molar-refractivity contribution in [3.8, 4) is 11.5 Å². The maximum absolute atomic E-state index is 14.5. The van der Waals surface area contributed by atoms with Crippen molar-refractivity contribution in [2.24, 2.45) is 17.4 Å². The molecule has 21 nitrogen and oxygen atoms in total. The highest BCUT2D eigenvalue weighted by molar-refractivity contribution is 7.85. The lowest BCUT2D eigenvalue weighted by Crippen LogP contribution is -2.60. The molecule has 0 saturated carbocycles. The van der Waals surface area contributed by atoms with E-state index in [4.69, 9.17) is 20.8 Å². The topological polar surface area (TPSA) is 322 Å². The molecule has 0 aliphatic carbocycles. The van der Waals surface area contributed by atoms with Crippen molar-refractivity contribution < 1.29 is 56.4 Å². The predicted molar refractivity (Wildman–Crippen MR) is 311 cm³/mol. The summed E-state index contributed by atoms with van der Waals surface area (Å²) in [6.45, 7) is 8.80. The molecule has 0 unspecified atom stereocenters. The Labute approximate surface area is 481 Å². The summed E-state index contributed by atoms with van der Waals surface area (Å²) in [6, 6.07) is 16.4. The van der Waals surface area contributed by atoms with Crippen LogP contribution >= 0.6 is 0 Å². The van der Waals surface area contributed by atoms with E-state index in [1.54, 1.807) is 50.2 Å². The van der Waals surface area contributed by atoms with Gasteiger partial charge in [-0.25, -0.2) is 0 Å². The van der Waals surface area contributed by atoms with E-state index in [1.165, 1.54) is 53.3 Å². The number of hydrogen-bond donors (Lipinski definition) is 9. The van der Waals surface area contributed by atoms with Crippen LogP contribution in [0.2, 0.25) is 0 Å². The van der Waals surface area contributed by atoms with Gasteiger partial charge in [0.05, 0.1) is 11.5 Å². The highest BCUT2D eigenvalue weighted by Gasteiger charge is 2.43.